The number of halogens is 1. The molecule has 0 radical (unpaired) electrons. The van der Waals surface area contributed by atoms with Crippen LogP contribution < -0.4 is 16.0 Å². The van der Waals surface area contributed by atoms with Crippen molar-refractivity contribution in [3.63, 3.8) is 0 Å². The normalized spacial score (nSPS) is 26.8. The van der Waals surface area contributed by atoms with E-state index in [0.29, 0.717) is 35.2 Å². The third-order valence-corrected chi connectivity index (χ3v) is 11.1. The summed E-state index contributed by atoms with van der Waals surface area (Å²) in [6.45, 7) is 4.03. The van der Waals surface area contributed by atoms with Crippen molar-refractivity contribution >= 4 is 76.9 Å². The Morgan fingerprint density at radius 2 is 1.51 bits per heavy atom. The van der Waals surface area contributed by atoms with Crippen LogP contribution in [0.3, 0.4) is 0 Å². The summed E-state index contributed by atoms with van der Waals surface area (Å²) < 4.78 is 56.0. The van der Waals surface area contributed by atoms with Crippen LogP contribution in [0.2, 0.25) is 0 Å². The molecule has 4 aromatic rings. The molecule has 2 saturated heterocycles. The van der Waals surface area contributed by atoms with E-state index in [4.69, 9.17) is 37.8 Å². The summed E-state index contributed by atoms with van der Waals surface area (Å²) in [6.07, 6.45) is 4.29. The van der Waals surface area contributed by atoms with E-state index in [2.05, 4.69) is 34.4 Å². The van der Waals surface area contributed by atoms with Gasteiger partial charge in [0, 0.05) is 31.3 Å². The maximum atomic E-state index is 12.9. The maximum absolute atomic E-state index is 12.9. The SMILES string of the molecule is COCC1OC(n2cnc3c(N)ncnc32)CC1OP(N[S+]([O-])C(C)C)OCC1OC(n2cnc3c(N)ncnc32)CC1OI. The van der Waals surface area contributed by atoms with Gasteiger partial charge in [0.15, 0.2) is 22.9 Å². The lowest BCUT2D eigenvalue weighted by Gasteiger charge is -2.26. The van der Waals surface area contributed by atoms with Crippen LogP contribution in [0, 0.1) is 0 Å². The molecule has 0 aliphatic carbocycles. The van der Waals surface area contributed by atoms with E-state index in [1.807, 2.05) is 36.9 Å². The highest BCUT2D eigenvalue weighted by Gasteiger charge is 2.43. The molecule has 0 amide bonds. The predicted octanol–water partition coefficient (Wildman–Crippen LogP) is 2.08. The van der Waals surface area contributed by atoms with Crippen LogP contribution in [0.4, 0.5) is 11.6 Å². The molecular weight excluding hydrogens is 744 g/mol. The van der Waals surface area contributed by atoms with Gasteiger partial charge in [-0.1, -0.05) is 4.49 Å². The Balaban J connectivity index is 1.16. The van der Waals surface area contributed by atoms with Gasteiger partial charge in [-0.25, -0.2) is 29.9 Å². The van der Waals surface area contributed by atoms with Crippen LogP contribution in [0.25, 0.3) is 22.3 Å². The van der Waals surface area contributed by atoms with E-state index < -0.39 is 50.7 Å². The second-order valence-corrected chi connectivity index (χ2v) is 14.4. The molecule has 6 heterocycles. The zero-order valence-electron chi connectivity index (χ0n) is 24.5. The van der Waals surface area contributed by atoms with Crippen LogP contribution in [0.5, 0.6) is 0 Å². The number of hydrogen-bond acceptors (Lipinski definition) is 16. The number of nitrogens with one attached hydrogen (secondary N) is 1. The van der Waals surface area contributed by atoms with Gasteiger partial charge in [0.1, 0.15) is 82.7 Å². The lowest BCUT2D eigenvalue weighted by Crippen LogP contribution is -2.34. The van der Waals surface area contributed by atoms with Crippen LogP contribution in [-0.4, -0.2) is 93.6 Å². The van der Waals surface area contributed by atoms with Crippen molar-refractivity contribution in [1.29, 1.82) is 0 Å². The summed E-state index contributed by atoms with van der Waals surface area (Å²) in [5, 5.41) is -0.187. The lowest BCUT2D eigenvalue weighted by molar-refractivity contribution is -0.0513. The Labute approximate surface area is 276 Å². The van der Waals surface area contributed by atoms with Crippen molar-refractivity contribution in [1.82, 2.24) is 43.5 Å². The third-order valence-electron chi connectivity index (χ3n) is 7.38. The molecular formula is C24H33IN11O7PS. The minimum Gasteiger partial charge on any atom is -0.598 e. The molecule has 2 aliphatic rings. The van der Waals surface area contributed by atoms with Crippen molar-refractivity contribution in [2.45, 2.75) is 68.8 Å². The molecule has 244 valence electrons. The monoisotopic (exact) mass is 777 g/mol. The summed E-state index contributed by atoms with van der Waals surface area (Å²) >= 11 is 0.417. The fourth-order valence-corrected chi connectivity index (χ4v) is 8.25. The highest BCUT2D eigenvalue weighted by molar-refractivity contribution is 14.1. The van der Waals surface area contributed by atoms with E-state index in [1.54, 1.807) is 28.9 Å². The number of anilines is 2. The van der Waals surface area contributed by atoms with Gasteiger partial charge in [-0.3, -0.25) is 9.13 Å². The van der Waals surface area contributed by atoms with Crippen molar-refractivity contribution in [2.75, 3.05) is 31.8 Å². The average Bonchev–Trinajstić information content (AvgIpc) is 3.81. The first-order valence-corrected chi connectivity index (χ1v) is 17.2. The summed E-state index contributed by atoms with van der Waals surface area (Å²) in [6, 6.07) is 0. The first-order chi connectivity index (χ1) is 21.8. The Bertz CT molecular complexity index is 1600. The topological polar surface area (TPSA) is 230 Å². The first-order valence-electron chi connectivity index (χ1n) is 14.0. The minimum atomic E-state index is -1.88. The van der Waals surface area contributed by atoms with E-state index in [0.717, 1.165) is 0 Å². The zero-order chi connectivity index (χ0) is 31.7. The van der Waals surface area contributed by atoms with Crippen molar-refractivity contribution in [3.05, 3.63) is 25.3 Å². The van der Waals surface area contributed by atoms with Crippen LogP contribution in [0.15, 0.2) is 25.3 Å². The maximum Gasteiger partial charge on any atom is 0.301 e. The van der Waals surface area contributed by atoms with Crippen LogP contribution >= 0.6 is 31.5 Å². The van der Waals surface area contributed by atoms with Crippen LogP contribution in [0.1, 0.15) is 39.1 Å². The number of nitrogen functional groups attached to an aromatic ring is 2. The molecule has 18 nitrogen and oxygen atoms in total. The van der Waals surface area contributed by atoms with Crippen molar-refractivity contribution in [2.24, 2.45) is 0 Å². The minimum absolute atomic E-state index is 0.0935. The van der Waals surface area contributed by atoms with Crippen molar-refractivity contribution < 1.29 is 30.9 Å². The number of aromatic nitrogens is 8. The van der Waals surface area contributed by atoms with Gasteiger partial charge in [0.25, 0.3) is 0 Å². The predicted molar refractivity (Wildman–Crippen MR) is 171 cm³/mol. The molecule has 0 spiro atoms. The highest BCUT2D eigenvalue weighted by Crippen LogP contribution is 2.45. The molecule has 2 fully saturated rings. The summed E-state index contributed by atoms with van der Waals surface area (Å²) in [5.41, 5.74) is 14.0. The molecule has 0 aromatic carbocycles. The largest absolute Gasteiger partial charge is 0.598 e. The van der Waals surface area contributed by atoms with Crippen molar-refractivity contribution in [3.8, 4) is 0 Å². The fraction of sp³-hybridized carbons (Fsp3) is 0.583. The smallest absolute Gasteiger partial charge is 0.301 e. The molecule has 21 heteroatoms. The van der Waals surface area contributed by atoms with E-state index in [1.165, 1.54) is 12.7 Å². The molecule has 0 saturated carbocycles. The van der Waals surface area contributed by atoms with E-state index >= 15 is 0 Å². The number of methoxy groups -OCH3 is 1. The number of fused-ring (bicyclic) bond motifs is 2. The zero-order valence-corrected chi connectivity index (χ0v) is 28.4. The molecule has 0 bridgehead atoms. The fourth-order valence-electron chi connectivity index (χ4n) is 5.09. The van der Waals surface area contributed by atoms with Gasteiger partial charge in [0.05, 0.1) is 32.0 Å². The number of imidazole rings is 2. The molecule has 4 aromatic heterocycles. The Kier molecular flexibility index (Phi) is 10.5. The molecule has 2 aliphatic heterocycles. The number of rotatable bonds is 13. The second-order valence-electron chi connectivity index (χ2n) is 10.6. The number of hydrogen-bond donors (Lipinski definition) is 3. The molecule has 45 heavy (non-hydrogen) atoms. The third kappa shape index (κ3) is 6.96. The van der Waals surface area contributed by atoms with Gasteiger partial charge in [-0.15, -0.1) is 0 Å². The first kappa shape index (κ1) is 32.8. The molecule has 8 atom stereocenters. The number of nitrogens with zero attached hydrogens (tertiary/aromatic N) is 8. The van der Waals surface area contributed by atoms with Gasteiger partial charge in [0.2, 0.25) is 0 Å². The number of nitrogens with two attached hydrogens (primary N) is 2. The average molecular weight is 778 g/mol. The Morgan fingerprint density at radius 1 is 0.956 bits per heavy atom. The standard InChI is InChI=1S/C24H33IN11O7PS/c1-12(2)45(37)34-44(39-7-16-13(42-25)4-17(41-16)35-10-32-19-21(26)28-8-30-23(19)35)43-14-5-18(40-15(14)6-38-3)36-11-33-20-22(27)29-9-31-24(20)36/h8-18,34H,4-7H2,1-3H3,(H2,26,28,30)(H2,27,29,31). The molecule has 8 unspecified atom stereocenters. The van der Waals surface area contributed by atoms with Crippen LogP contribution in [-0.2, 0) is 37.7 Å². The Hall–Kier alpha value is -2.11. The van der Waals surface area contributed by atoms with E-state index in [9.17, 15) is 4.55 Å². The van der Waals surface area contributed by atoms with Gasteiger partial charge < -0.3 is 42.3 Å². The summed E-state index contributed by atoms with van der Waals surface area (Å²) in [5.74, 6) is 0.563. The van der Waals surface area contributed by atoms with Gasteiger partial charge in [-0.05, 0) is 13.8 Å². The summed E-state index contributed by atoms with van der Waals surface area (Å²) in [7, 11) is -0.295. The van der Waals surface area contributed by atoms with E-state index in [-0.39, 0.29) is 36.2 Å². The lowest BCUT2D eigenvalue weighted by atomic mass is 10.2. The second kappa shape index (κ2) is 14.3. The quantitative estimate of drug-likeness (QED) is 0.100. The van der Waals surface area contributed by atoms with Gasteiger partial charge in [-0.2, -0.15) is 0 Å². The Morgan fingerprint density at radius 3 is 2.04 bits per heavy atom. The molecule has 5 N–H and O–H groups in total. The van der Waals surface area contributed by atoms with Gasteiger partial charge >= 0.3 is 8.53 Å². The molecule has 6 rings (SSSR count). The number of ether oxygens (including phenoxy) is 3. The summed E-state index contributed by atoms with van der Waals surface area (Å²) in [4.78, 5) is 25.4. The highest BCUT2D eigenvalue weighted by atomic mass is 127.